The van der Waals surface area contributed by atoms with E-state index in [0.29, 0.717) is 43.1 Å². The number of carbonyl (C=O) groups excluding carboxylic acids is 1. The number of hydrogen-bond donors (Lipinski definition) is 2. The summed E-state index contributed by atoms with van der Waals surface area (Å²) in [5.74, 6) is -1.09. The van der Waals surface area contributed by atoms with E-state index in [1.165, 1.54) is 18.5 Å². The van der Waals surface area contributed by atoms with E-state index in [1.807, 2.05) is 0 Å². The third kappa shape index (κ3) is 4.34. The smallest absolute Gasteiger partial charge is 0.383 e. The molecule has 1 unspecified atom stereocenters. The third-order valence-electron chi connectivity index (χ3n) is 6.53. The first kappa shape index (κ1) is 24.0. The molecule has 5 rings (SSSR count). The molecule has 3 aromatic rings. The van der Waals surface area contributed by atoms with Crippen LogP contribution in [0.2, 0.25) is 0 Å². The van der Waals surface area contributed by atoms with Crippen LogP contribution in [0.25, 0.3) is 11.3 Å². The maximum Gasteiger partial charge on any atom is 0.419 e. The lowest BCUT2D eigenvalue weighted by Gasteiger charge is -2.34. The minimum Gasteiger partial charge on any atom is -0.383 e. The molecular formula is C23H23F4N7O2. The van der Waals surface area contributed by atoms with Crippen molar-refractivity contribution in [3.8, 4) is 11.3 Å². The first-order valence-electron chi connectivity index (χ1n) is 11.3. The van der Waals surface area contributed by atoms with Crippen LogP contribution in [0.3, 0.4) is 0 Å². The van der Waals surface area contributed by atoms with Crippen LogP contribution in [0, 0.1) is 5.82 Å². The van der Waals surface area contributed by atoms with Crippen LogP contribution in [-0.4, -0.2) is 50.4 Å². The monoisotopic (exact) mass is 505 g/mol. The van der Waals surface area contributed by atoms with Gasteiger partial charge in [-0.25, -0.2) is 14.2 Å². The van der Waals surface area contributed by atoms with Crippen LogP contribution in [0.4, 0.5) is 28.2 Å². The van der Waals surface area contributed by atoms with Gasteiger partial charge in [0.1, 0.15) is 17.2 Å². The molecule has 1 spiro atoms. The molecule has 3 aromatic heterocycles. The van der Waals surface area contributed by atoms with Crippen LogP contribution in [0.15, 0.2) is 36.8 Å². The van der Waals surface area contributed by atoms with E-state index in [-0.39, 0.29) is 18.1 Å². The number of ether oxygens (including phenoxy) is 1. The van der Waals surface area contributed by atoms with Crippen molar-refractivity contribution in [2.24, 2.45) is 0 Å². The second-order valence-electron chi connectivity index (χ2n) is 8.91. The van der Waals surface area contributed by atoms with E-state index in [4.69, 9.17) is 10.5 Å². The first-order valence-corrected chi connectivity index (χ1v) is 11.3. The number of amides is 2. The zero-order valence-electron chi connectivity index (χ0n) is 19.2. The van der Waals surface area contributed by atoms with Gasteiger partial charge in [-0.15, -0.1) is 0 Å². The fourth-order valence-corrected chi connectivity index (χ4v) is 4.65. The molecule has 0 bridgehead atoms. The molecule has 0 aromatic carbocycles. The van der Waals surface area contributed by atoms with Crippen molar-refractivity contribution < 1.29 is 27.1 Å². The molecule has 5 heterocycles. The van der Waals surface area contributed by atoms with E-state index in [0.717, 1.165) is 12.3 Å². The highest BCUT2D eigenvalue weighted by atomic mass is 19.4. The molecule has 3 N–H and O–H groups in total. The number of nitrogen functional groups attached to an aromatic ring is 1. The maximum atomic E-state index is 13.5. The summed E-state index contributed by atoms with van der Waals surface area (Å²) in [6.45, 7) is 3.10. The number of carbonyl (C=O) groups is 1. The first-order chi connectivity index (χ1) is 17.1. The average Bonchev–Trinajstić information content (AvgIpc) is 3.45. The molecule has 1 saturated heterocycles. The Morgan fingerprint density at radius 3 is 2.78 bits per heavy atom. The van der Waals surface area contributed by atoms with Gasteiger partial charge in [-0.3, -0.25) is 9.67 Å². The third-order valence-corrected chi connectivity index (χ3v) is 6.53. The molecule has 0 aliphatic carbocycles. The summed E-state index contributed by atoms with van der Waals surface area (Å²) in [5, 5.41) is 7.33. The number of hydrogen-bond acceptors (Lipinski definition) is 6. The van der Waals surface area contributed by atoms with Gasteiger partial charge in [0.2, 0.25) is 0 Å². The lowest BCUT2D eigenvalue weighted by Crippen LogP contribution is -2.44. The van der Waals surface area contributed by atoms with Crippen molar-refractivity contribution in [3.05, 3.63) is 59.4 Å². The lowest BCUT2D eigenvalue weighted by molar-refractivity contribution is -0.137. The Balaban J connectivity index is 1.36. The largest absolute Gasteiger partial charge is 0.419 e. The number of nitrogens with one attached hydrogen (secondary N) is 1. The van der Waals surface area contributed by atoms with Crippen molar-refractivity contribution in [1.82, 2.24) is 30.0 Å². The predicted molar refractivity (Wildman–Crippen MR) is 120 cm³/mol. The van der Waals surface area contributed by atoms with Crippen molar-refractivity contribution in [2.75, 3.05) is 25.4 Å². The number of aromatic nitrogens is 4. The fraction of sp³-hybridized carbons (Fsp3) is 0.391. The number of nitrogens with two attached hydrogens (primary N) is 1. The molecule has 2 aliphatic heterocycles. The summed E-state index contributed by atoms with van der Waals surface area (Å²) >= 11 is 0. The molecule has 36 heavy (non-hydrogen) atoms. The second-order valence-corrected chi connectivity index (χ2v) is 8.91. The highest BCUT2D eigenvalue weighted by Gasteiger charge is 2.47. The van der Waals surface area contributed by atoms with Crippen molar-refractivity contribution in [1.29, 1.82) is 0 Å². The van der Waals surface area contributed by atoms with Gasteiger partial charge in [0, 0.05) is 30.9 Å². The molecule has 2 atom stereocenters. The highest BCUT2D eigenvalue weighted by molar-refractivity contribution is 5.75. The van der Waals surface area contributed by atoms with Gasteiger partial charge in [0.25, 0.3) is 0 Å². The maximum absolute atomic E-state index is 13.5. The second kappa shape index (κ2) is 8.73. The zero-order valence-corrected chi connectivity index (χ0v) is 19.2. The number of fused-ring (bicyclic) bond motifs is 2. The SMILES string of the molecule is C[C@@H](NC(=O)N1CCC2(C1)OCCn1nc(-c3cnc(N)c(C(F)(F)F)c3)cc12)c1cncc(F)c1. The molecule has 0 radical (unpaired) electrons. The standard InChI is InChI=1S/C23H23F4N7O2/c1-13(14-6-16(24)11-29-9-14)31-21(35)33-3-2-22(12-33)19-8-18(32-34(19)4-5-36-22)15-7-17(23(25,26)27)20(28)30-10-15/h6-11,13H,2-5,12H2,1H3,(H2,28,30)(H,31,35)/t13-,22?/m1/s1. The molecule has 190 valence electrons. The molecule has 2 amide bonds. The number of pyridine rings is 2. The normalized spacial score (nSPS) is 20.4. The quantitative estimate of drug-likeness (QED) is 0.528. The van der Waals surface area contributed by atoms with E-state index in [9.17, 15) is 22.4 Å². The van der Waals surface area contributed by atoms with Gasteiger partial charge in [0.05, 0.1) is 48.9 Å². The Morgan fingerprint density at radius 2 is 2.03 bits per heavy atom. The zero-order chi connectivity index (χ0) is 25.7. The van der Waals surface area contributed by atoms with Crippen LogP contribution >= 0.6 is 0 Å². The van der Waals surface area contributed by atoms with E-state index >= 15 is 0 Å². The number of nitrogens with zero attached hydrogens (tertiary/aromatic N) is 5. The summed E-state index contributed by atoms with van der Waals surface area (Å²) in [4.78, 5) is 22.0. The highest BCUT2D eigenvalue weighted by Crippen LogP contribution is 2.41. The average molecular weight is 505 g/mol. The van der Waals surface area contributed by atoms with Crippen LogP contribution < -0.4 is 11.1 Å². The summed E-state index contributed by atoms with van der Waals surface area (Å²) in [6.07, 6.45) is -0.335. The number of rotatable bonds is 3. The molecule has 9 nitrogen and oxygen atoms in total. The van der Waals surface area contributed by atoms with Crippen LogP contribution in [0.5, 0.6) is 0 Å². The Kier molecular flexibility index (Phi) is 5.81. The Morgan fingerprint density at radius 1 is 1.22 bits per heavy atom. The summed E-state index contributed by atoms with van der Waals surface area (Å²) < 4.78 is 61.3. The van der Waals surface area contributed by atoms with Gasteiger partial charge >= 0.3 is 12.2 Å². The van der Waals surface area contributed by atoms with Crippen molar-refractivity contribution in [3.63, 3.8) is 0 Å². The van der Waals surface area contributed by atoms with E-state index in [1.54, 1.807) is 22.6 Å². The van der Waals surface area contributed by atoms with Crippen molar-refractivity contribution in [2.45, 2.75) is 37.7 Å². The Hall–Kier alpha value is -3.74. The van der Waals surface area contributed by atoms with Gasteiger partial charge in [-0.05, 0) is 30.7 Å². The van der Waals surface area contributed by atoms with Gasteiger partial charge in [0.15, 0.2) is 0 Å². The van der Waals surface area contributed by atoms with E-state index in [2.05, 4.69) is 20.4 Å². The fourth-order valence-electron chi connectivity index (χ4n) is 4.65. The molecule has 2 aliphatic rings. The summed E-state index contributed by atoms with van der Waals surface area (Å²) in [5.41, 5.74) is 5.24. The number of urea groups is 1. The number of anilines is 1. The minimum absolute atomic E-state index is 0.179. The Bertz CT molecular complexity index is 1310. The number of alkyl halides is 3. The van der Waals surface area contributed by atoms with Gasteiger partial charge in [-0.2, -0.15) is 18.3 Å². The number of likely N-dealkylation sites (tertiary alicyclic amines) is 1. The molecule has 13 heteroatoms. The molecule has 1 fully saturated rings. The summed E-state index contributed by atoms with van der Waals surface area (Å²) in [6, 6.07) is 3.10. The number of halogens is 4. The van der Waals surface area contributed by atoms with E-state index < -0.39 is 35.0 Å². The van der Waals surface area contributed by atoms with Crippen LogP contribution in [0.1, 0.15) is 36.2 Å². The minimum atomic E-state index is -4.64. The van der Waals surface area contributed by atoms with Gasteiger partial charge in [-0.1, -0.05) is 0 Å². The van der Waals surface area contributed by atoms with Crippen LogP contribution in [-0.2, 0) is 23.1 Å². The predicted octanol–water partition coefficient (Wildman–Crippen LogP) is 3.48. The van der Waals surface area contributed by atoms with Gasteiger partial charge < -0.3 is 20.7 Å². The lowest BCUT2D eigenvalue weighted by atomic mass is 9.96. The van der Waals surface area contributed by atoms with Crippen molar-refractivity contribution >= 4 is 11.8 Å². The topological polar surface area (TPSA) is 111 Å². The summed E-state index contributed by atoms with van der Waals surface area (Å²) in [7, 11) is 0. The molecule has 0 saturated carbocycles. The Labute approximate surface area is 203 Å². The molecular weight excluding hydrogens is 482 g/mol.